The molecule has 0 aliphatic carbocycles. The summed E-state index contributed by atoms with van der Waals surface area (Å²) in [6.45, 7) is 2.94. The number of piperazine rings is 1. The number of halogens is 3. The Labute approximate surface area is 176 Å². The van der Waals surface area contributed by atoms with E-state index in [9.17, 15) is 13.2 Å². The minimum Gasteiger partial charge on any atom is -0.404 e. The molecule has 2 heterocycles. The predicted molar refractivity (Wildman–Crippen MR) is 111 cm³/mol. The average Bonchev–Trinajstić information content (AvgIpc) is 2.75. The van der Waals surface area contributed by atoms with E-state index in [2.05, 4.69) is 35.6 Å². The minimum absolute atomic E-state index is 0.0861. The van der Waals surface area contributed by atoms with Crippen LogP contribution < -0.4 is 25.6 Å². The van der Waals surface area contributed by atoms with E-state index in [1.807, 2.05) is 35.2 Å². The molecule has 8 nitrogen and oxygen atoms in total. The summed E-state index contributed by atoms with van der Waals surface area (Å²) in [7, 11) is 0. The van der Waals surface area contributed by atoms with Crippen molar-refractivity contribution in [3.63, 3.8) is 0 Å². The molecule has 0 radical (unpaired) electrons. The summed E-state index contributed by atoms with van der Waals surface area (Å²) in [5.41, 5.74) is 0.856. The summed E-state index contributed by atoms with van der Waals surface area (Å²) in [4.78, 5) is 15.2. The molecule has 0 saturated carbocycles. The molecule has 1 aromatic heterocycles. The Morgan fingerprint density at radius 1 is 0.839 bits per heavy atom. The number of ether oxygens (including phenoxy) is 1. The van der Waals surface area contributed by atoms with Gasteiger partial charge in [0.25, 0.3) is 0 Å². The monoisotopic (exact) mass is 431 g/mol. The van der Waals surface area contributed by atoms with Gasteiger partial charge in [0.15, 0.2) is 5.75 Å². The fourth-order valence-electron chi connectivity index (χ4n) is 3.04. The van der Waals surface area contributed by atoms with Crippen molar-refractivity contribution in [1.82, 2.24) is 20.3 Å². The van der Waals surface area contributed by atoms with Crippen molar-refractivity contribution in [3.8, 4) is 5.75 Å². The van der Waals surface area contributed by atoms with Gasteiger partial charge >= 0.3 is 6.36 Å². The third-order valence-corrected chi connectivity index (χ3v) is 4.41. The summed E-state index contributed by atoms with van der Waals surface area (Å²) in [5, 5.41) is 9.19. The van der Waals surface area contributed by atoms with Gasteiger partial charge in [0.1, 0.15) is 0 Å². The summed E-state index contributed by atoms with van der Waals surface area (Å²) < 4.78 is 42.4. The Morgan fingerprint density at radius 2 is 1.48 bits per heavy atom. The highest BCUT2D eigenvalue weighted by molar-refractivity contribution is 5.64. The van der Waals surface area contributed by atoms with Crippen LogP contribution in [0.5, 0.6) is 5.75 Å². The summed E-state index contributed by atoms with van der Waals surface area (Å²) in [5.74, 6) is 0.412. The Bertz CT molecular complexity index is 1010. The Hall–Kier alpha value is -3.60. The smallest absolute Gasteiger partial charge is 0.404 e. The van der Waals surface area contributed by atoms with Gasteiger partial charge in [-0.1, -0.05) is 30.3 Å². The van der Waals surface area contributed by atoms with Crippen molar-refractivity contribution in [2.45, 2.75) is 6.36 Å². The van der Waals surface area contributed by atoms with Gasteiger partial charge in [0.2, 0.25) is 17.8 Å². The number of rotatable bonds is 6. The molecular formula is C20H20F3N7O. The van der Waals surface area contributed by atoms with Gasteiger partial charge in [-0.25, -0.2) is 0 Å². The highest BCUT2D eigenvalue weighted by atomic mass is 19.4. The van der Waals surface area contributed by atoms with Gasteiger partial charge in [0, 0.05) is 31.9 Å². The molecular weight excluding hydrogens is 411 g/mol. The van der Waals surface area contributed by atoms with Crippen LogP contribution in [0.1, 0.15) is 0 Å². The first-order chi connectivity index (χ1) is 15.0. The fourth-order valence-corrected chi connectivity index (χ4v) is 3.04. The summed E-state index contributed by atoms with van der Waals surface area (Å²) >= 11 is 0. The molecule has 11 heteroatoms. The molecule has 3 N–H and O–H groups in total. The van der Waals surface area contributed by atoms with Gasteiger partial charge in [-0.3, -0.25) is 0 Å². The lowest BCUT2D eigenvalue weighted by atomic mass is 10.3. The van der Waals surface area contributed by atoms with Crippen LogP contribution in [0.4, 0.5) is 42.4 Å². The van der Waals surface area contributed by atoms with Crippen molar-refractivity contribution < 1.29 is 17.9 Å². The van der Waals surface area contributed by atoms with Crippen LogP contribution in [0.15, 0.2) is 54.6 Å². The van der Waals surface area contributed by atoms with Gasteiger partial charge in [0.05, 0.1) is 5.69 Å². The van der Waals surface area contributed by atoms with Crippen molar-refractivity contribution in [3.05, 3.63) is 54.6 Å². The largest absolute Gasteiger partial charge is 0.573 e. The second-order valence-corrected chi connectivity index (χ2v) is 6.68. The number of para-hydroxylation sites is 3. The molecule has 0 atom stereocenters. The van der Waals surface area contributed by atoms with E-state index >= 15 is 0 Å². The number of benzene rings is 2. The molecule has 4 rings (SSSR count). The standard InChI is InChI=1S/C20H20F3N7O/c21-20(22,23)31-16-9-5-4-8-15(16)26-18-27-17(25-14-6-2-1-3-7-14)28-19(29-18)30-12-10-24-11-13-30/h1-9,24H,10-13H2,(H2,25,26,27,28,29). The van der Waals surface area contributed by atoms with Gasteiger partial charge in [-0.2, -0.15) is 15.0 Å². The predicted octanol–water partition coefficient (Wildman–Crippen LogP) is 3.67. The van der Waals surface area contributed by atoms with E-state index in [-0.39, 0.29) is 23.3 Å². The number of anilines is 5. The van der Waals surface area contributed by atoms with E-state index in [1.54, 1.807) is 6.07 Å². The van der Waals surface area contributed by atoms with E-state index in [0.29, 0.717) is 19.0 Å². The molecule has 162 valence electrons. The Morgan fingerprint density at radius 3 is 2.19 bits per heavy atom. The fraction of sp³-hybridized carbons (Fsp3) is 0.250. The van der Waals surface area contributed by atoms with Crippen LogP contribution in [-0.2, 0) is 0 Å². The highest BCUT2D eigenvalue weighted by Crippen LogP contribution is 2.32. The molecule has 1 fully saturated rings. The number of alkyl halides is 3. The Balaban J connectivity index is 1.65. The first kappa shape index (κ1) is 20.7. The number of nitrogens with zero attached hydrogens (tertiary/aromatic N) is 4. The lowest BCUT2D eigenvalue weighted by molar-refractivity contribution is -0.274. The molecule has 1 aliphatic heterocycles. The third-order valence-electron chi connectivity index (χ3n) is 4.41. The Kier molecular flexibility index (Phi) is 6.03. The van der Waals surface area contributed by atoms with Crippen LogP contribution in [0.2, 0.25) is 0 Å². The molecule has 0 spiro atoms. The molecule has 0 bridgehead atoms. The van der Waals surface area contributed by atoms with Crippen LogP contribution >= 0.6 is 0 Å². The van der Waals surface area contributed by atoms with Gasteiger partial charge in [-0.15, -0.1) is 13.2 Å². The number of hydrogen-bond acceptors (Lipinski definition) is 8. The minimum atomic E-state index is -4.82. The molecule has 1 saturated heterocycles. The van der Waals surface area contributed by atoms with E-state index in [1.165, 1.54) is 18.2 Å². The third kappa shape index (κ3) is 5.72. The molecule has 31 heavy (non-hydrogen) atoms. The van der Waals surface area contributed by atoms with Gasteiger partial charge < -0.3 is 25.6 Å². The molecule has 1 aliphatic rings. The van der Waals surface area contributed by atoms with Crippen LogP contribution in [0.25, 0.3) is 0 Å². The topological polar surface area (TPSA) is 87.2 Å². The average molecular weight is 431 g/mol. The van der Waals surface area contributed by atoms with E-state index in [4.69, 9.17) is 0 Å². The van der Waals surface area contributed by atoms with Gasteiger partial charge in [-0.05, 0) is 24.3 Å². The van der Waals surface area contributed by atoms with Crippen molar-refractivity contribution in [2.75, 3.05) is 41.7 Å². The number of nitrogens with one attached hydrogen (secondary N) is 3. The maximum Gasteiger partial charge on any atom is 0.573 e. The highest BCUT2D eigenvalue weighted by Gasteiger charge is 2.32. The first-order valence-electron chi connectivity index (χ1n) is 9.62. The van der Waals surface area contributed by atoms with E-state index in [0.717, 1.165) is 18.8 Å². The number of hydrogen-bond donors (Lipinski definition) is 3. The summed E-state index contributed by atoms with van der Waals surface area (Å²) in [6, 6.07) is 15.0. The second kappa shape index (κ2) is 9.04. The maximum atomic E-state index is 12.8. The van der Waals surface area contributed by atoms with Crippen molar-refractivity contribution in [2.24, 2.45) is 0 Å². The van der Waals surface area contributed by atoms with Crippen LogP contribution in [0.3, 0.4) is 0 Å². The maximum absolute atomic E-state index is 12.8. The summed E-state index contributed by atoms with van der Waals surface area (Å²) in [6.07, 6.45) is -4.82. The quantitative estimate of drug-likeness (QED) is 0.545. The van der Waals surface area contributed by atoms with Crippen molar-refractivity contribution in [1.29, 1.82) is 0 Å². The SMILES string of the molecule is FC(F)(F)Oc1ccccc1Nc1nc(Nc2ccccc2)nc(N2CCNCC2)n1. The first-order valence-corrected chi connectivity index (χ1v) is 9.62. The second-order valence-electron chi connectivity index (χ2n) is 6.68. The van der Waals surface area contributed by atoms with Crippen molar-refractivity contribution >= 4 is 29.2 Å². The van der Waals surface area contributed by atoms with Crippen LogP contribution in [-0.4, -0.2) is 47.5 Å². The number of aromatic nitrogens is 3. The molecule has 3 aromatic rings. The normalized spacial score (nSPS) is 14.2. The lowest BCUT2D eigenvalue weighted by Crippen LogP contribution is -2.44. The zero-order valence-corrected chi connectivity index (χ0v) is 16.4. The zero-order valence-electron chi connectivity index (χ0n) is 16.4. The lowest BCUT2D eigenvalue weighted by Gasteiger charge is -2.27. The molecule has 0 unspecified atom stereocenters. The molecule has 2 aromatic carbocycles. The van der Waals surface area contributed by atoms with Crippen LogP contribution in [0, 0.1) is 0 Å². The molecule has 0 amide bonds. The van der Waals surface area contributed by atoms with E-state index < -0.39 is 6.36 Å². The zero-order chi connectivity index (χ0) is 21.7.